The monoisotopic (exact) mass is 390 g/mol. The zero-order valence-electron chi connectivity index (χ0n) is 15.1. The average Bonchev–Trinajstić information content (AvgIpc) is 2.66. The van der Waals surface area contributed by atoms with Crippen molar-refractivity contribution in [1.82, 2.24) is 0 Å². The Kier molecular flexibility index (Phi) is 8.00. The lowest BCUT2D eigenvalue weighted by molar-refractivity contribution is 0.0525. The van der Waals surface area contributed by atoms with E-state index < -0.39 is 16.8 Å². The first-order valence-electron chi connectivity index (χ1n) is 8.56. The minimum Gasteiger partial charge on any atom is -0.494 e. The summed E-state index contributed by atoms with van der Waals surface area (Å²) >= 11 is 0. The number of carboxylic acids is 1. The van der Waals surface area contributed by atoms with E-state index in [9.17, 15) is 13.8 Å². The van der Waals surface area contributed by atoms with Crippen LogP contribution in [0.1, 0.15) is 39.6 Å². The van der Waals surface area contributed by atoms with Crippen molar-refractivity contribution < 1.29 is 28.4 Å². The standard InChI is InChI=1S/C20H22O6S/c1-2-25-20(23)17-6-4-15(5-7-17)14-27(24)13-3-12-26-18-10-8-16(9-11-18)19(21)22/h4-11H,2-3,12-14H2,1H3,(H,21,22). The molecule has 0 fully saturated rings. The number of esters is 1. The number of rotatable bonds is 10. The third-order valence-electron chi connectivity index (χ3n) is 3.68. The first kappa shape index (κ1) is 20.6. The van der Waals surface area contributed by atoms with Crippen LogP contribution in [-0.4, -0.2) is 40.2 Å². The van der Waals surface area contributed by atoms with E-state index in [4.69, 9.17) is 14.6 Å². The summed E-state index contributed by atoms with van der Waals surface area (Å²) in [6, 6.07) is 13.1. The molecular formula is C20H22O6S. The maximum Gasteiger partial charge on any atom is 0.338 e. The van der Waals surface area contributed by atoms with Crippen molar-refractivity contribution in [3.63, 3.8) is 0 Å². The van der Waals surface area contributed by atoms with E-state index in [0.29, 0.717) is 42.5 Å². The van der Waals surface area contributed by atoms with Crippen molar-refractivity contribution in [2.75, 3.05) is 19.0 Å². The third kappa shape index (κ3) is 6.86. The molecule has 2 aromatic carbocycles. The van der Waals surface area contributed by atoms with E-state index in [-0.39, 0.29) is 11.5 Å². The summed E-state index contributed by atoms with van der Waals surface area (Å²) in [4.78, 5) is 22.4. The van der Waals surface area contributed by atoms with Crippen LogP contribution in [0.15, 0.2) is 48.5 Å². The van der Waals surface area contributed by atoms with Crippen LogP contribution in [0.4, 0.5) is 0 Å². The second-order valence-corrected chi connectivity index (χ2v) is 7.31. The van der Waals surface area contributed by atoms with Crippen LogP contribution in [0.2, 0.25) is 0 Å². The van der Waals surface area contributed by atoms with E-state index in [2.05, 4.69) is 0 Å². The number of aromatic carboxylic acids is 1. The van der Waals surface area contributed by atoms with Gasteiger partial charge in [-0.05, 0) is 55.3 Å². The van der Waals surface area contributed by atoms with Crippen molar-refractivity contribution in [2.45, 2.75) is 19.1 Å². The molecule has 0 aromatic heterocycles. The molecule has 0 aliphatic rings. The van der Waals surface area contributed by atoms with Crippen molar-refractivity contribution in [2.24, 2.45) is 0 Å². The fraction of sp³-hybridized carbons (Fsp3) is 0.300. The predicted molar refractivity (Wildman–Crippen MR) is 103 cm³/mol. The molecule has 0 saturated carbocycles. The highest BCUT2D eigenvalue weighted by Crippen LogP contribution is 2.13. The summed E-state index contributed by atoms with van der Waals surface area (Å²) in [5.74, 6) is 0.148. The summed E-state index contributed by atoms with van der Waals surface area (Å²) in [5, 5.41) is 8.84. The van der Waals surface area contributed by atoms with E-state index in [1.54, 1.807) is 43.3 Å². The number of ether oxygens (including phenoxy) is 2. The average molecular weight is 390 g/mol. The number of hydrogen-bond donors (Lipinski definition) is 1. The Balaban J connectivity index is 1.71. The second-order valence-electron chi connectivity index (χ2n) is 5.74. The van der Waals surface area contributed by atoms with Gasteiger partial charge >= 0.3 is 11.9 Å². The van der Waals surface area contributed by atoms with Crippen LogP contribution in [0, 0.1) is 0 Å². The number of carbonyl (C=O) groups is 2. The Hall–Kier alpha value is -2.67. The molecule has 1 unspecified atom stereocenters. The number of carbonyl (C=O) groups excluding carboxylic acids is 1. The van der Waals surface area contributed by atoms with Crippen molar-refractivity contribution in [3.05, 3.63) is 65.2 Å². The van der Waals surface area contributed by atoms with E-state index >= 15 is 0 Å². The normalized spacial score (nSPS) is 11.6. The Bertz CT molecular complexity index is 783. The molecular weight excluding hydrogens is 368 g/mol. The molecule has 1 atom stereocenters. The molecule has 0 radical (unpaired) electrons. The van der Waals surface area contributed by atoms with Crippen LogP contribution < -0.4 is 4.74 Å². The zero-order valence-corrected chi connectivity index (χ0v) is 15.9. The lowest BCUT2D eigenvalue weighted by Gasteiger charge is -2.07. The van der Waals surface area contributed by atoms with Crippen molar-refractivity contribution in [1.29, 1.82) is 0 Å². The smallest absolute Gasteiger partial charge is 0.338 e. The SMILES string of the molecule is CCOC(=O)c1ccc(CS(=O)CCCOc2ccc(C(=O)O)cc2)cc1. The topological polar surface area (TPSA) is 89.9 Å². The molecule has 2 aromatic rings. The van der Waals surface area contributed by atoms with Crippen LogP contribution in [-0.2, 0) is 21.3 Å². The van der Waals surface area contributed by atoms with Gasteiger partial charge in [0.05, 0.1) is 24.3 Å². The van der Waals surface area contributed by atoms with Gasteiger partial charge in [0.25, 0.3) is 0 Å². The lowest BCUT2D eigenvalue weighted by atomic mass is 10.1. The van der Waals surface area contributed by atoms with Gasteiger partial charge in [-0.25, -0.2) is 9.59 Å². The Morgan fingerprint density at radius 1 is 1.00 bits per heavy atom. The number of hydrogen-bond acceptors (Lipinski definition) is 5. The third-order valence-corrected chi connectivity index (χ3v) is 5.08. The van der Waals surface area contributed by atoms with Gasteiger partial charge in [0, 0.05) is 22.3 Å². The van der Waals surface area contributed by atoms with E-state index in [1.165, 1.54) is 12.1 Å². The molecule has 6 nitrogen and oxygen atoms in total. The minimum absolute atomic E-state index is 0.206. The molecule has 0 bridgehead atoms. The van der Waals surface area contributed by atoms with Crippen LogP contribution in [0.3, 0.4) is 0 Å². The van der Waals surface area contributed by atoms with Gasteiger partial charge < -0.3 is 14.6 Å². The maximum absolute atomic E-state index is 12.2. The summed E-state index contributed by atoms with van der Waals surface area (Å²) < 4.78 is 22.6. The van der Waals surface area contributed by atoms with Crippen LogP contribution >= 0.6 is 0 Å². The van der Waals surface area contributed by atoms with E-state index in [0.717, 1.165) is 5.56 Å². The Morgan fingerprint density at radius 3 is 2.22 bits per heavy atom. The summed E-state index contributed by atoms with van der Waals surface area (Å²) in [7, 11) is -1.03. The zero-order chi connectivity index (χ0) is 19.6. The van der Waals surface area contributed by atoms with Crippen molar-refractivity contribution in [3.8, 4) is 5.75 Å². The quantitative estimate of drug-likeness (QED) is 0.495. The van der Waals surface area contributed by atoms with Gasteiger partial charge in [0.15, 0.2) is 0 Å². The predicted octanol–water partition coefficient (Wildman–Crippen LogP) is 3.28. The molecule has 0 amide bonds. The molecule has 0 aliphatic carbocycles. The van der Waals surface area contributed by atoms with Gasteiger partial charge in [-0.15, -0.1) is 0 Å². The van der Waals surface area contributed by atoms with Gasteiger partial charge in [0.2, 0.25) is 0 Å². The lowest BCUT2D eigenvalue weighted by Crippen LogP contribution is -2.07. The number of benzene rings is 2. The van der Waals surface area contributed by atoms with Gasteiger partial charge in [-0.1, -0.05) is 12.1 Å². The minimum atomic E-state index is -1.03. The first-order valence-corrected chi connectivity index (χ1v) is 10.1. The number of carboxylic acid groups (broad SMARTS) is 1. The first-order chi connectivity index (χ1) is 13.0. The Morgan fingerprint density at radius 2 is 1.63 bits per heavy atom. The molecule has 0 saturated heterocycles. The maximum atomic E-state index is 12.2. The van der Waals surface area contributed by atoms with Gasteiger partial charge in [-0.3, -0.25) is 4.21 Å². The summed E-state index contributed by atoms with van der Waals surface area (Å²) in [5.41, 5.74) is 1.58. The summed E-state index contributed by atoms with van der Waals surface area (Å²) in [6.45, 7) is 2.49. The Labute approximate surface area is 160 Å². The fourth-order valence-electron chi connectivity index (χ4n) is 2.31. The molecule has 7 heteroatoms. The molecule has 2 rings (SSSR count). The van der Waals surface area contributed by atoms with Crippen LogP contribution in [0.25, 0.3) is 0 Å². The van der Waals surface area contributed by atoms with Crippen molar-refractivity contribution >= 4 is 22.7 Å². The van der Waals surface area contributed by atoms with E-state index in [1.807, 2.05) is 0 Å². The largest absolute Gasteiger partial charge is 0.494 e. The molecule has 0 aliphatic heterocycles. The highest BCUT2D eigenvalue weighted by Gasteiger charge is 2.08. The van der Waals surface area contributed by atoms with Gasteiger partial charge in [0.1, 0.15) is 5.75 Å². The molecule has 1 N–H and O–H groups in total. The highest BCUT2D eigenvalue weighted by molar-refractivity contribution is 7.84. The molecule has 144 valence electrons. The van der Waals surface area contributed by atoms with Crippen LogP contribution in [0.5, 0.6) is 5.75 Å². The molecule has 0 spiro atoms. The highest BCUT2D eigenvalue weighted by atomic mass is 32.2. The summed E-state index contributed by atoms with van der Waals surface area (Å²) in [6.07, 6.45) is 0.619. The second kappa shape index (κ2) is 10.5. The fourth-order valence-corrected chi connectivity index (χ4v) is 3.46. The molecule has 27 heavy (non-hydrogen) atoms. The molecule has 0 heterocycles. The van der Waals surface area contributed by atoms with Gasteiger partial charge in [-0.2, -0.15) is 0 Å².